The van der Waals surface area contributed by atoms with Gasteiger partial charge in [0.2, 0.25) is 11.0 Å². The van der Waals surface area contributed by atoms with Crippen LogP contribution in [0, 0.1) is 5.41 Å². The van der Waals surface area contributed by atoms with Crippen LogP contribution in [0.1, 0.15) is 37.3 Å². The van der Waals surface area contributed by atoms with Crippen molar-refractivity contribution < 1.29 is 14.4 Å². The third-order valence-electron chi connectivity index (χ3n) is 3.75. The van der Waals surface area contributed by atoms with Crippen LogP contribution in [-0.4, -0.2) is 22.8 Å². The lowest BCUT2D eigenvalue weighted by molar-refractivity contribution is -0.140. The molecule has 6 nitrogen and oxygen atoms in total. The normalized spacial score (nSPS) is 21.7. The van der Waals surface area contributed by atoms with Crippen LogP contribution in [0.15, 0.2) is 0 Å². The van der Waals surface area contributed by atoms with Crippen LogP contribution in [0.2, 0.25) is 0 Å². The van der Waals surface area contributed by atoms with Gasteiger partial charge in [-0.25, -0.2) is 14.7 Å². The molecular weight excluding hydrogens is 278 g/mol. The van der Waals surface area contributed by atoms with Crippen molar-refractivity contribution in [2.24, 2.45) is 5.41 Å². The Labute approximate surface area is 120 Å². The molecule has 1 aliphatic heterocycles. The molecule has 1 saturated heterocycles. The Balaban J connectivity index is 2.00. The highest BCUT2D eigenvalue weighted by molar-refractivity contribution is 7.16. The number of amides is 4. The molecule has 0 bridgehead atoms. The number of thiazole rings is 1. The van der Waals surface area contributed by atoms with E-state index in [4.69, 9.17) is 0 Å². The summed E-state index contributed by atoms with van der Waals surface area (Å²) in [6.45, 7) is 3.02. The molecule has 1 aromatic heterocycles. The van der Waals surface area contributed by atoms with Crippen molar-refractivity contribution in [3.8, 4) is 0 Å². The van der Waals surface area contributed by atoms with Gasteiger partial charge < -0.3 is 0 Å². The number of carbonyl (C=O) groups excluding carboxylic acids is 3. The van der Waals surface area contributed by atoms with Crippen molar-refractivity contribution in [3.05, 3.63) is 10.6 Å². The first kappa shape index (κ1) is 13.2. The quantitative estimate of drug-likeness (QED) is 0.798. The SMILES string of the molecule is CC1(C)C(=O)NC(=O)N(c2nc3c(s2)CCCC3)C1=O. The predicted molar refractivity (Wildman–Crippen MR) is 73.6 cm³/mol. The number of hydrogen-bond acceptors (Lipinski definition) is 5. The monoisotopic (exact) mass is 293 g/mol. The molecule has 0 radical (unpaired) electrons. The van der Waals surface area contributed by atoms with Crippen LogP contribution in [-0.2, 0) is 22.4 Å². The summed E-state index contributed by atoms with van der Waals surface area (Å²) in [7, 11) is 0. The number of nitrogens with one attached hydrogen (secondary N) is 1. The van der Waals surface area contributed by atoms with Crippen molar-refractivity contribution >= 4 is 34.3 Å². The van der Waals surface area contributed by atoms with Crippen molar-refractivity contribution in [1.82, 2.24) is 10.3 Å². The number of barbiturate groups is 1. The van der Waals surface area contributed by atoms with E-state index in [-0.39, 0.29) is 0 Å². The van der Waals surface area contributed by atoms with Gasteiger partial charge in [0, 0.05) is 4.88 Å². The molecular formula is C13H15N3O3S. The Morgan fingerprint density at radius 3 is 2.60 bits per heavy atom. The summed E-state index contributed by atoms with van der Waals surface area (Å²) in [4.78, 5) is 42.6. The van der Waals surface area contributed by atoms with Gasteiger partial charge in [-0.05, 0) is 39.5 Å². The molecule has 1 fully saturated rings. The zero-order valence-corrected chi connectivity index (χ0v) is 12.2. The van der Waals surface area contributed by atoms with Gasteiger partial charge in [-0.2, -0.15) is 0 Å². The number of anilines is 1. The largest absolute Gasteiger partial charge is 0.337 e. The van der Waals surface area contributed by atoms with E-state index in [0.717, 1.165) is 41.2 Å². The summed E-state index contributed by atoms with van der Waals surface area (Å²) in [6, 6.07) is -0.703. The molecule has 0 aromatic carbocycles. The van der Waals surface area contributed by atoms with Crippen LogP contribution in [0.4, 0.5) is 9.93 Å². The molecule has 20 heavy (non-hydrogen) atoms. The number of fused-ring (bicyclic) bond motifs is 1. The molecule has 106 valence electrons. The summed E-state index contributed by atoms with van der Waals surface area (Å²) in [5.41, 5.74) is -0.272. The minimum atomic E-state index is -1.25. The maximum atomic E-state index is 12.4. The standard InChI is InChI=1S/C13H15N3O3S/c1-13(2)9(17)15-11(19)16(10(13)18)12-14-7-5-3-4-6-8(7)20-12/h3-6H2,1-2H3,(H,15,17,19). The molecule has 0 saturated carbocycles. The number of aromatic nitrogens is 1. The first-order valence-electron chi connectivity index (χ1n) is 6.60. The molecule has 1 aromatic rings. The molecule has 1 aliphatic carbocycles. The number of hydrogen-bond donors (Lipinski definition) is 1. The predicted octanol–water partition coefficient (Wildman–Crippen LogP) is 1.63. The van der Waals surface area contributed by atoms with Crippen molar-refractivity contribution in [1.29, 1.82) is 0 Å². The minimum Gasteiger partial charge on any atom is -0.276 e. The lowest BCUT2D eigenvalue weighted by Crippen LogP contribution is -2.62. The van der Waals surface area contributed by atoms with Gasteiger partial charge in [0.25, 0.3) is 5.91 Å². The molecule has 2 aliphatic rings. The van der Waals surface area contributed by atoms with Crippen LogP contribution in [0.25, 0.3) is 0 Å². The van der Waals surface area contributed by atoms with Gasteiger partial charge in [0.1, 0.15) is 5.41 Å². The summed E-state index contributed by atoms with van der Waals surface area (Å²) < 4.78 is 0. The summed E-state index contributed by atoms with van der Waals surface area (Å²) in [5.74, 6) is -1.08. The zero-order chi connectivity index (χ0) is 14.5. The van der Waals surface area contributed by atoms with Gasteiger partial charge in [-0.3, -0.25) is 14.9 Å². The van der Waals surface area contributed by atoms with Crippen molar-refractivity contribution in [2.75, 3.05) is 4.90 Å². The van der Waals surface area contributed by atoms with E-state index in [0.29, 0.717) is 5.13 Å². The molecule has 4 amide bonds. The van der Waals surface area contributed by atoms with E-state index < -0.39 is 23.3 Å². The first-order chi connectivity index (χ1) is 9.41. The van der Waals surface area contributed by atoms with Crippen LogP contribution in [0.5, 0.6) is 0 Å². The van der Waals surface area contributed by atoms with E-state index >= 15 is 0 Å². The summed E-state index contributed by atoms with van der Waals surface area (Å²) >= 11 is 1.37. The third-order valence-corrected chi connectivity index (χ3v) is 4.90. The van der Waals surface area contributed by atoms with E-state index in [1.54, 1.807) is 0 Å². The molecule has 1 N–H and O–H groups in total. The average molecular weight is 293 g/mol. The molecule has 0 atom stereocenters. The van der Waals surface area contributed by atoms with Crippen molar-refractivity contribution in [2.45, 2.75) is 39.5 Å². The fourth-order valence-corrected chi connectivity index (χ4v) is 3.53. The van der Waals surface area contributed by atoms with E-state index in [2.05, 4.69) is 10.3 Å². The molecule has 2 heterocycles. The van der Waals surface area contributed by atoms with Gasteiger partial charge in [0.15, 0.2) is 0 Å². The average Bonchev–Trinajstić information content (AvgIpc) is 2.80. The zero-order valence-electron chi connectivity index (χ0n) is 11.4. The lowest BCUT2D eigenvalue weighted by atomic mass is 9.89. The smallest absolute Gasteiger partial charge is 0.276 e. The summed E-state index contributed by atoms with van der Waals surface area (Å²) in [5, 5.41) is 2.60. The minimum absolute atomic E-state index is 0.375. The van der Waals surface area contributed by atoms with E-state index in [1.807, 2.05) is 0 Å². The Morgan fingerprint density at radius 2 is 1.90 bits per heavy atom. The first-order valence-corrected chi connectivity index (χ1v) is 7.41. The number of aryl methyl sites for hydroxylation is 2. The van der Waals surface area contributed by atoms with E-state index in [9.17, 15) is 14.4 Å². The molecule has 7 heteroatoms. The van der Waals surface area contributed by atoms with Gasteiger partial charge in [0.05, 0.1) is 5.69 Å². The highest BCUT2D eigenvalue weighted by atomic mass is 32.1. The molecule has 3 rings (SSSR count). The van der Waals surface area contributed by atoms with Gasteiger partial charge >= 0.3 is 6.03 Å². The van der Waals surface area contributed by atoms with Crippen molar-refractivity contribution in [3.63, 3.8) is 0 Å². The highest BCUT2D eigenvalue weighted by Gasteiger charge is 2.48. The Kier molecular flexibility index (Phi) is 2.89. The Morgan fingerprint density at radius 1 is 1.20 bits per heavy atom. The lowest BCUT2D eigenvalue weighted by Gasteiger charge is -2.32. The number of nitrogens with zero attached hydrogens (tertiary/aromatic N) is 2. The van der Waals surface area contributed by atoms with Crippen LogP contribution >= 0.6 is 11.3 Å². The maximum Gasteiger partial charge on any atom is 0.337 e. The van der Waals surface area contributed by atoms with Gasteiger partial charge in [-0.1, -0.05) is 0 Å². The second kappa shape index (κ2) is 4.37. The fraction of sp³-hybridized carbons (Fsp3) is 0.538. The van der Waals surface area contributed by atoms with Gasteiger partial charge in [-0.15, -0.1) is 11.3 Å². The summed E-state index contributed by atoms with van der Waals surface area (Å²) in [6.07, 6.45) is 4.02. The highest BCUT2D eigenvalue weighted by Crippen LogP contribution is 2.35. The molecule has 0 unspecified atom stereocenters. The van der Waals surface area contributed by atoms with E-state index in [1.165, 1.54) is 25.2 Å². The maximum absolute atomic E-state index is 12.4. The second-order valence-electron chi connectivity index (χ2n) is 5.60. The number of carbonyl (C=O) groups is 3. The topological polar surface area (TPSA) is 79.4 Å². The Bertz CT molecular complexity index is 597. The number of rotatable bonds is 1. The number of urea groups is 1. The van der Waals surface area contributed by atoms with Crippen LogP contribution < -0.4 is 10.2 Å². The van der Waals surface area contributed by atoms with Crippen LogP contribution in [0.3, 0.4) is 0 Å². The Hall–Kier alpha value is -1.76. The fourth-order valence-electron chi connectivity index (χ4n) is 2.39. The number of imide groups is 2. The third kappa shape index (κ3) is 1.84. The molecule has 0 spiro atoms. The second-order valence-corrected chi connectivity index (χ2v) is 6.66.